The number of carbonyl (C=O) groups is 1. The Morgan fingerprint density at radius 3 is 1.92 bits per heavy atom. The summed E-state index contributed by atoms with van der Waals surface area (Å²) in [7, 11) is 2.16. The Kier molecular flexibility index (Phi) is 21.0. The normalized spacial score (nSPS) is 12.5. The van der Waals surface area contributed by atoms with Crippen LogP contribution in [0.2, 0.25) is 0 Å². The van der Waals surface area contributed by atoms with Crippen LogP contribution >= 0.6 is 0 Å². The second-order valence-corrected chi connectivity index (χ2v) is 8.17. The molecule has 0 bridgehead atoms. The molecule has 1 heterocycles. The number of carbonyl (C=O) groups excluding carboxylic acids is 1. The fourth-order valence-corrected chi connectivity index (χ4v) is 2.95. The van der Waals surface area contributed by atoms with Crippen molar-refractivity contribution < 1.29 is 4.79 Å². The van der Waals surface area contributed by atoms with E-state index in [1.165, 1.54) is 11.1 Å². The lowest BCUT2D eigenvalue weighted by Gasteiger charge is -2.32. The SMILES string of the molecule is C=C.CC.CC.CC=C(C)C.Cc1ccc(NC(=O)c2ccc(CN3CCN(C)CC3)cc2)cc1N. The maximum Gasteiger partial charge on any atom is 0.255 e. The van der Waals surface area contributed by atoms with Gasteiger partial charge in [0.05, 0.1) is 0 Å². The first kappa shape index (κ1) is 35.3. The van der Waals surface area contributed by atoms with Gasteiger partial charge in [0.1, 0.15) is 0 Å². The molecule has 0 radical (unpaired) electrons. The minimum absolute atomic E-state index is 0.116. The van der Waals surface area contributed by atoms with Crippen LogP contribution in [-0.4, -0.2) is 48.9 Å². The number of likely N-dealkylation sites (N-methyl/N-ethyl adjacent to an activating group) is 1. The third-order valence-corrected chi connectivity index (χ3v) is 5.33. The second-order valence-electron chi connectivity index (χ2n) is 8.17. The highest BCUT2D eigenvalue weighted by Crippen LogP contribution is 2.18. The van der Waals surface area contributed by atoms with Gasteiger partial charge < -0.3 is 16.0 Å². The van der Waals surface area contributed by atoms with Crippen molar-refractivity contribution in [2.75, 3.05) is 44.3 Å². The van der Waals surface area contributed by atoms with Gasteiger partial charge in [-0.1, -0.05) is 57.5 Å². The predicted octanol–water partition coefficient (Wildman–Crippen LogP) is 7.40. The van der Waals surface area contributed by atoms with Crippen molar-refractivity contribution in [3.63, 3.8) is 0 Å². The molecule has 0 aromatic heterocycles. The van der Waals surface area contributed by atoms with E-state index in [9.17, 15) is 4.79 Å². The Bertz CT molecular complexity index is 863. The Morgan fingerprint density at radius 2 is 1.47 bits per heavy atom. The topological polar surface area (TPSA) is 61.6 Å². The number of piperazine rings is 1. The number of anilines is 2. The van der Waals surface area contributed by atoms with E-state index in [-0.39, 0.29) is 5.91 Å². The number of nitrogens with one attached hydrogen (secondary N) is 1. The van der Waals surface area contributed by atoms with Crippen LogP contribution in [0.25, 0.3) is 0 Å². The smallest absolute Gasteiger partial charge is 0.255 e. The standard InChI is InChI=1S/C20H26N4O.C5H10.2C2H6.C2H4/c1-15-3-8-18(13-19(15)21)22-20(25)17-6-4-16(5-7-17)14-24-11-9-23(2)10-12-24;1-4-5(2)3;3*1-2/h3-8,13H,9-12,14,21H2,1-2H3,(H,22,25);4H,1-3H3;2*1-2H3;1-2H2. The minimum atomic E-state index is -0.116. The highest BCUT2D eigenvalue weighted by Gasteiger charge is 2.14. The lowest BCUT2D eigenvalue weighted by atomic mass is 10.1. The summed E-state index contributed by atoms with van der Waals surface area (Å²) in [4.78, 5) is 17.2. The molecular formula is C31H52N4O. The Balaban J connectivity index is 0. The maximum absolute atomic E-state index is 12.4. The molecule has 202 valence electrons. The predicted molar refractivity (Wildman–Crippen MR) is 162 cm³/mol. The maximum atomic E-state index is 12.4. The fourth-order valence-electron chi connectivity index (χ4n) is 2.95. The third kappa shape index (κ3) is 14.5. The molecule has 2 aromatic rings. The Labute approximate surface area is 222 Å². The van der Waals surface area contributed by atoms with E-state index in [0.717, 1.165) is 44.0 Å². The lowest BCUT2D eigenvalue weighted by molar-refractivity contribution is 0.102. The molecule has 1 fully saturated rings. The van der Waals surface area contributed by atoms with Crippen molar-refractivity contribution in [2.24, 2.45) is 0 Å². The van der Waals surface area contributed by atoms with Crippen LogP contribution in [0, 0.1) is 6.92 Å². The summed E-state index contributed by atoms with van der Waals surface area (Å²) in [6, 6.07) is 13.4. The van der Waals surface area contributed by atoms with Gasteiger partial charge in [-0.05, 0) is 70.1 Å². The molecular weight excluding hydrogens is 444 g/mol. The molecule has 5 nitrogen and oxygen atoms in total. The van der Waals surface area contributed by atoms with Gasteiger partial charge in [0.25, 0.3) is 5.91 Å². The fraction of sp³-hybridized carbons (Fsp3) is 0.452. The summed E-state index contributed by atoms with van der Waals surface area (Å²) in [5.74, 6) is -0.116. The highest BCUT2D eigenvalue weighted by atomic mass is 16.1. The van der Waals surface area contributed by atoms with E-state index < -0.39 is 0 Å². The largest absolute Gasteiger partial charge is 0.398 e. The summed E-state index contributed by atoms with van der Waals surface area (Å²) >= 11 is 0. The first-order valence-electron chi connectivity index (χ1n) is 13.1. The zero-order chi connectivity index (χ0) is 28.1. The molecule has 1 aliphatic rings. The Hall–Kier alpha value is -2.89. The summed E-state index contributed by atoms with van der Waals surface area (Å²) in [6.07, 6.45) is 2.08. The highest BCUT2D eigenvalue weighted by molar-refractivity contribution is 6.04. The lowest BCUT2D eigenvalue weighted by Crippen LogP contribution is -2.43. The van der Waals surface area contributed by atoms with Crippen LogP contribution in [0.3, 0.4) is 0 Å². The van der Waals surface area contributed by atoms with E-state index in [1.54, 1.807) is 6.07 Å². The minimum Gasteiger partial charge on any atom is -0.398 e. The van der Waals surface area contributed by atoms with Crippen molar-refractivity contribution in [3.8, 4) is 0 Å². The number of benzene rings is 2. The van der Waals surface area contributed by atoms with Crippen molar-refractivity contribution in [1.82, 2.24) is 9.80 Å². The van der Waals surface area contributed by atoms with Gasteiger partial charge in [0.2, 0.25) is 0 Å². The molecule has 5 heteroatoms. The van der Waals surface area contributed by atoms with E-state index in [0.29, 0.717) is 11.3 Å². The van der Waals surface area contributed by atoms with Crippen LogP contribution in [-0.2, 0) is 6.54 Å². The number of amides is 1. The number of nitrogen functional groups attached to an aromatic ring is 1. The second kappa shape index (κ2) is 21.4. The number of allylic oxidation sites excluding steroid dienone is 2. The van der Waals surface area contributed by atoms with Crippen molar-refractivity contribution in [1.29, 1.82) is 0 Å². The molecule has 0 spiro atoms. The van der Waals surface area contributed by atoms with E-state index in [2.05, 4.69) is 55.2 Å². The first-order chi connectivity index (χ1) is 17.3. The summed E-state index contributed by atoms with van der Waals surface area (Å²) in [6.45, 7) is 27.5. The Morgan fingerprint density at radius 1 is 0.972 bits per heavy atom. The van der Waals surface area contributed by atoms with Gasteiger partial charge in [-0.15, -0.1) is 13.2 Å². The molecule has 1 amide bonds. The van der Waals surface area contributed by atoms with E-state index in [1.807, 2.05) is 77.9 Å². The van der Waals surface area contributed by atoms with Crippen molar-refractivity contribution in [2.45, 2.75) is 61.9 Å². The van der Waals surface area contributed by atoms with E-state index in [4.69, 9.17) is 5.73 Å². The molecule has 0 unspecified atom stereocenters. The molecule has 1 saturated heterocycles. The summed E-state index contributed by atoms with van der Waals surface area (Å²) in [5.41, 5.74) is 11.6. The zero-order valence-corrected chi connectivity index (χ0v) is 24.4. The first-order valence-corrected chi connectivity index (χ1v) is 13.1. The number of aryl methyl sites for hydroxylation is 1. The number of hydrogen-bond acceptors (Lipinski definition) is 4. The number of nitrogens with zero attached hydrogens (tertiary/aromatic N) is 2. The van der Waals surface area contributed by atoms with Gasteiger partial charge in [-0.25, -0.2) is 0 Å². The molecule has 0 aliphatic carbocycles. The molecule has 0 saturated carbocycles. The zero-order valence-electron chi connectivity index (χ0n) is 24.4. The van der Waals surface area contributed by atoms with Crippen molar-refractivity contribution >= 4 is 17.3 Å². The van der Waals surface area contributed by atoms with E-state index >= 15 is 0 Å². The monoisotopic (exact) mass is 496 g/mol. The number of hydrogen-bond donors (Lipinski definition) is 2. The molecule has 0 atom stereocenters. The quantitative estimate of drug-likeness (QED) is 0.342. The van der Waals surface area contributed by atoms with Crippen LogP contribution in [0.15, 0.2) is 67.3 Å². The molecule has 3 rings (SSSR count). The molecule has 2 aromatic carbocycles. The van der Waals surface area contributed by atoms with Gasteiger partial charge in [-0.3, -0.25) is 9.69 Å². The number of rotatable bonds is 4. The summed E-state index contributed by atoms with van der Waals surface area (Å²) < 4.78 is 0. The van der Waals surface area contributed by atoms with Gasteiger partial charge in [-0.2, -0.15) is 0 Å². The van der Waals surface area contributed by atoms with Crippen LogP contribution < -0.4 is 11.1 Å². The third-order valence-electron chi connectivity index (χ3n) is 5.33. The van der Waals surface area contributed by atoms with Gasteiger partial charge in [0.15, 0.2) is 0 Å². The molecule has 3 N–H and O–H groups in total. The van der Waals surface area contributed by atoms with Crippen LogP contribution in [0.5, 0.6) is 0 Å². The van der Waals surface area contributed by atoms with Gasteiger partial charge >= 0.3 is 0 Å². The summed E-state index contributed by atoms with van der Waals surface area (Å²) in [5, 5.41) is 2.90. The van der Waals surface area contributed by atoms with Crippen LogP contribution in [0.1, 0.15) is 70.0 Å². The molecule has 1 aliphatic heterocycles. The number of nitrogens with two attached hydrogens (primary N) is 1. The van der Waals surface area contributed by atoms with Crippen LogP contribution in [0.4, 0.5) is 11.4 Å². The average molecular weight is 497 g/mol. The van der Waals surface area contributed by atoms with Crippen molar-refractivity contribution in [3.05, 3.63) is 84.0 Å². The molecule has 36 heavy (non-hydrogen) atoms. The van der Waals surface area contributed by atoms with Gasteiger partial charge in [0, 0.05) is 49.7 Å². The average Bonchev–Trinajstić information content (AvgIpc) is 2.92.